The average Bonchev–Trinajstić information content (AvgIpc) is 4.04. The van der Waals surface area contributed by atoms with E-state index in [-0.39, 0.29) is 35.8 Å². The van der Waals surface area contributed by atoms with Gasteiger partial charge >= 0.3 is 0 Å². The van der Waals surface area contributed by atoms with Crippen LogP contribution in [0.1, 0.15) is 109 Å². The van der Waals surface area contributed by atoms with Crippen LogP contribution in [0.5, 0.6) is 0 Å². The van der Waals surface area contributed by atoms with Gasteiger partial charge in [0.1, 0.15) is 35.0 Å². The Morgan fingerprint density at radius 1 is 0.769 bits per heavy atom. The number of imidazole rings is 1. The Hall–Kier alpha value is -6.55. The number of pyridine rings is 1. The molecule has 4 amide bonds. The summed E-state index contributed by atoms with van der Waals surface area (Å²) in [7, 11) is 0. The van der Waals surface area contributed by atoms with Crippen molar-refractivity contribution in [2.45, 2.75) is 89.1 Å². The number of hydrogen-bond donors (Lipinski definition) is 2. The predicted molar refractivity (Wildman–Crippen MR) is 244 cm³/mol. The zero-order valence-corrected chi connectivity index (χ0v) is 36.6. The van der Waals surface area contributed by atoms with Crippen LogP contribution >= 0.6 is 0 Å². The highest BCUT2D eigenvalue weighted by atomic mass is 19.1. The minimum absolute atomic E-state index is 0.0605. The molecule has 7 heterocycles. The number of piperidine rings is 1. The van der Waals surface area contributed by atoms with E-state index < -0.39 is 29.7 Å². The minimum Gasteiger partial charge on any atom is -0.385 e. The normalized spacial score (nSPS) is 19.1. The van der Waals surface area contributed by atoms with E-state index in [9.17, 15) is 28.4 Å². The molecule has 2 aromatic carbocycles. The fourth-order valence-corrected chi connectivity index (χ4v) is 9.64. The lowest BCUT2D eigenvalue weighted by molar-refractivity contribution is -0.136. The molecule has 2 N–H and O–H groups in total. The van der Waals surface area contributed by atoms with Gasteiger partial charge in [0.05, 0.1) is 35.6 Å². The van der Waals surface area contributed by atoms with Crippen LogP contribution in [0.15, 0.2) is 79.0 Å². The van der Waals surface area contributed by atoms with E-state index in [1.165, 1.54) is 6.07 Å². The lowest BCUT2D eigenvalue weighted by Crippen LogP contribution is -2.54. The van der Waals surface area contributed by atoms with E-state index in [0.29, 0.717) is 18.7 Å². The zero-order chi connectivity index (χ0) is 44.9. The van der Waals surface area contributed by atoms with Crippen molar-refractivity contribution < 1.29 is 28.4 Å². The number of nitrogens with zero attached hydrogens (tertiary/aromatic N) is 8. The monoisotopic (exact) mass is 882 g/mol. The Morgan fingerprint density at radius 3 is 2.37 bits per heavy atom. The highest BCUT2D eigenvalue weighted by Crippen LogP contribution is 2.36. The Balaban J connectivity index is 0.659. The fourth-order valence-electron chi connectivity index (χ4n) is 9.64. The van der Waals surface area contributed by atoms with E-state index in [2.05, 4.69) is 30.3 Å². The number of anilines is 3. The number of aromatic nitrogens is 4. The van der Waals surface area contributed by atoms with Crippen molar-refractivity contribution >= 4 is 52.4 Å². The van der Waals surface area contributed by atoms with Crippen molar-refractivity contribution in [1.82, 2.24) is 34.7 Å². The molecule has 0 aliphatic carbocycles. The van der Waals surface area contributed by atoms with E-state index in [4.69, 9.17) is 10.1 Å². The quantitative estimate of drug-likeness (QED) is 0.0717. The van der Waals surface area contributed by atoms with Crippen LogP contribution in [0.25, 0.3) is 17.0 Å². The summed E-state index contributed by atoms with van der Waals surface area (Å²) in [6.45, 7) is 5.20. The molecule has 0 spiro atoms. The van der Waals surface area contributed by atoms with Gasteiger partial charge in [-0.2, -0.15) is 0 Å². The molecule has 65 heavy (non-hydrogen) atoms. The summed E-state index contributed by atoms with van der Waals surface area (Å²) >= 11 is 0. The molecule has 9 rings (SSSR count). The molecule has 4 aliphatic heterocycles. The summed E-state index contributed by atoms with van der Waals surface area (Å²) in [6.07, 6.45) is 11.8. The summed E-state index contributed by atoms with van der Waals surface area (Å²) in [6, 6.07) is 21.0. The number of amides is 4. The maximum atomic E-state index is 14.1. The first-order valence-corrected chi connectivity index (χ1v) is 23.1. The largest absolute Gasteiger partial charge is 0.385 e. The van der Waals surface area contributed by atoms with Crippen LogP contribution in [0, 0.1) is 5.82 Å². The van der Waals surface area contributed by atoms with Crippen LogP contribution in [-0.4, -0.2) is 111 Å². The van der Waals surface area contributed by atoms with Gasteiger partial charge < -0.3 is 15.1 Å². The number of nitrogens with one attached hydrogen (secondary N) is 2. The van der Waals surface area contributed by atoms with Crippen molar-refractivity contribution in [2.75, 3.05) is 60.9 Å². The van der Waals surface area contributed by atoms with Crippen LogP contribution in [-0.2, 0) is 14.4 Å². The molecule has 338 valence electrons. The van der Waals surface area contributed by atoms with Gasteiger partial charge in [-0.3, -0.25) is 39.1 Å². The number of carbonyl (C=O) groups is 5. The lowest BCUT2D eigenvalue weighted by Gasteiger charge is -2.35. The molecule has 1 unspecified atom stereocenters. The minimum atomic E-state index is -0.975. The number of Topliss-reactive ketones (excluding diaryl/α,β-unsaturated/α-hetero) is 1. The molecule has 16 heteroatoms. The first kappa shape index (κ1) is 43.7. The van der Waals surface area contributed by atoms with Gasteiger partial charge in [-0.05, 0) is 92.3 Å². The molecule has 3 saturated heterocycles. The summed E-state index contributed by atoms with van der Waals surface area (Å²) in [5.41, 5.74) is 4.57. The molecular formula is C49H55FN10O5. The van der Waals surface area contributed by atoms with Gasteiger partial charge in [0.25, 0.3) is 11.8 Å². The van der Waals surface area contributed by atoms with E-state index in [1.54, 1.807) is 30.3 Å². The molecule has 3 aromatic heterocycles. The number of hydrogen-bond acceptors (Lipinski definition) is 12. The number of fused-ring (bicyclic) bond motifs is 2. The maximum absolute atomic E-state index is 14.1. The van der Waals surface area contributed by atoms with Crippen molar-refractivity contribution in [1.29, 1.82) is 0 Å². The molecule has 0 saturated carbocycles. The molecule has 3 fully saturated rings. The van der Waals surface area contributed by atoms with E-state index in [0.717, 1.165) is 142 Å². The molecule has 15 nitrogen and oxygen atoms in total. The number of piperazine rings is 1. The third-order valence-electron chi connectivity index (χ3n) is 13.1. The number of halogens is 1. The molecule has 2 atom stereocenters. The SMILES string of the molecule is O=C(CCCCCCCCCNc1ccc2c(c1)C(=O)N(C1CCC(=O)NC1=O)C2=O)CN1CCN(c2cccc(-c3cnc4ccc(N5CCC[C@@H]5c5cccc(F)c5)nn34)n2)CC1. The van der Waals surface area contributed by atoms with Gasteiger partial charge in [-0.25, -0.2) is 18.9 Å². The Kier molecular flexibility index (Phi) is 13.2. The summed E-state index contributed by atoms with van der Waals surface area (Å²) < 4.78 is 16.0. The molecule has 5 aromatic rings. The third kappa shape index (κ3) is 9.77. The Morgan fingerprint density at radius 2 is 1.55 bits per heavy atom. The first-order valence-electron chi connectivity index (χ1n) is 23.1. The number of rotatable bonds is 18. The smallest absolute Gasteiger partial charge is 0.262 e. The fraction of sp³-hybridized carbons (Fsp3) is 0.429. The van der Waals surface area contributed by atoms with Crippen LogP contribution in [0.4, 0.5) is 21.7 Å². The second kappa shape index (κ2) is 19.7. The predicted octanol–water partition coefficient (Wildman–Crippen LogP) is 6.60. The van der Waals surface area contributed by atoms with Gasteiger partial charge in [0, 0.05) is 57.8 Å². The highest BCUT2D eigenvalue weighted by Gasteiger charge is 2.44. The van der Waals surface area contributed by atoms with Crippen LogP contribution < -0.4 is 20.4 Å². The number of carbonyl (C=O) groups excluding carboxylic acids is 5. The number of ketones is 1. The van der Waals surface area contributed by atoms with Crippen molar-refractivity contribution in [3.63, 3.8) is 0 Å². The number of benzene rings is 2. The summed E-state index contributed by atoms with van der Waals surface area (Å²) in [5, 5.41) is 10.6. The van der Waals surface area contributed by atoms with Crippen LogP contribution in [0.2, 0.25) is 0 Å². The number of unbranched alkanes of at least 4 members (excludes halogenated alkanes) is 6. The molecular weight excluding hydrogens is 828 g/mol. The maximum Gasteiger partial charge on any atom is 0.262 e. The van der Waals surface area contributed by atoms with Crippen molar-refractivity contribution in [2.24, 2.45) is 0 Å². The van der Waals surface area contributed by atoms with Gasteiger partial charge in [0.2, 0.25) is 11.8 Å². The standard InChI is InChI=1S/C49H55FN10O5/c50-34-12-8-11-33(29-34)40-15-10-24-58(40)45-21-20-43-52-31-42(60(43)55-45)39-14-9-16-44(53-39)57-27-25-56(26-28-57)32-36(61)13-6-4-2-1-3-5-7-23-51-35-17-18-37-38(30-35)49(65)59(48(37)64)41-19-22-46(62)54-47(41)63/h8-9,11-12,14,16-18,20-21,29-31,40-41,51H,1-7,10,13,15,19,22-28,32H2,(H,54,62,63)/t40-,41?/m1/s1. The average molecular weight is 883 g/mol. The van der Waals surface area contributed by atoms with Crippen molar-refractivity contribution in [3.05, 3.63) is 102 Å². The van der Waals surface area contributed by atoms with Gasteiger partial charge in [0.15, 0.2) is 5.65 Å². The summed E-state index contributed by atoms with van der Waals surface area (Å²) in [4.78, 5) is 80.3. The molecule has 0 bridgehead atoms. The van der Waals surface area contributed by atoms with Crippen molar-refractivity contribution in [3.8, 4) is 11.4 Å². The van der Waals surface area contributed by atoms with Gasteiger partial charge in [-0.15, -0.1) is 5.10 Å². The number of imide groups is 2. The second-order valence-corrected chi connectivity index (χ2v) is 17.6. The van der Waals surface area contributed by atoms with E-state index in [1.807, 2.05) is 47.1 Å². The molecule has 4 aliphatic rings. The molecule has 0 radical (unpaired) electrons. The Labute approximate surface area is 377 Å². The Bertz CT molecular complexity index is 2590. The second-order valence-electron chi connectivity index (χ2n) is 17.6. The van der Waals surface area contributed by atoms with Crippen LogP contribution in [0.3, 0.4) is 0 Å². The lowest BCUT2D eigenvalue weighted by atomic mass is 10.0. The van der Waals surface area contributed by atoms with E-state index >= 15 is 0 Å². The topological polar surface area (TPSA) is 165 Å². The summed E-state index contributed by atoms with van der Waals surface area (Å²) in [5.74, 6) is -0.252. The first-order chi connectivity index (χ1) is 31.7. The highest BCUT2D eigenvalue weighted by molar-refractivity contribution is 6.23. The van der Waals surface area contributed by atoms with Gasteiger partial charge in [-0.1, -0.05) is 50.3 Å². The third-order valence-corrected chi connectivity index (χ3v) is 13.1. The zero-order valence-electron chi connectivity index (χ0n) is 36.6.